The van der Waals surface area contributed by atoms with Crippen LogP contribution in [-0.2, 0) is 6.61 Å². The van der Waals surface area contributed by atoms with Crippen LogP contribution >= 0.6 is 11.6 Å². The van der Waals surface area contributed by atoms with Crippen molar-refractivity contribution >= 4 is 11.6 Å². The van der Waals surface area contributed by atoms with Gasteiger partial charge in [0.05, 0.1) is 13.2 Å². The Morgan fingerprint density at radius 3 is 2.85 bits per heavy atom. The van der Waals surface area contributed by atoms with Gasteiger partial charge in [0.15, 0.2) is 0 Å². The molecule has 0 unspecified atom stereocenters. The summed E-state index contributed by atoms with van der Waals surface area (Å²) in [5, 5.41) is 9.58. The molecule has 0 aliphatic heterocycles. The normalized spacial score (nSPS) is 9.15. The molecule has 0 amide bonds. The molecule has 0 radical (unpaired) electrons. The van der Waals surface area contributed by atoms with Crippen molar-refractivity contribution in [3.63, 3.8) is 0 Å². The standard InChI is InChI=1S/C10H10ClNO/c11-10-4-3-8(2-1-5-12)9(6-10)7-13/h3-4,6,13H,5,7,12H2. The molecule has 1 aromatic rings. The summed E-state index contributed by atoms with van der Waals surface area (Å²) in [5.41, 5.74) is 6.74. The number of nitrogens with two attached hydrogens (primary N) is 1. The summed E-state index contributed by atoms with van der Waals surface area (Å²) in [5.74, 6) is 5.58. The molecule has 13 heavy (non-hydrogen) atoms. The first-order valence-electron chi connectivity index (χ1n) is 3.86. The smallest absolute Gasteiger partial charge is 0.0694 e. The molecule has 1 aromatic carbocycles. The van der Waals surface area contributed by atoms with Gasteiger partial charge in [-0.15, -0.1) is 0 Å². The van der Waals surface area contributed by atoms with Crippen molar-refractivity contribution in [3.05, 3.63) is 34.3 Å². The van der Waals surface area contributed by atoms with Crippen molar-refractivity contribution in [2.24, 2.45) is 5.73 Å². The summed E-state index contributed by atoms with van der Waals surface area (Å²) in [4.78, 5) is 0. The fraction of sp³-hybridized carbons (Fsp3) is 0.200. The number of halogens is 1. The molecule has 0 fully saturated rings. The molecule has 3 N–H and O–H groups in total. The lowest BCUT2D eigenvalue weighted by Crippen LogP contribution is -1.94. The molecule has 0 aromatic heterocycles. The Morgan fingerprint density at radius 2 is 2.23 bits per heavy atom. The summed E-state index contributed by atoms with van der Waals surface area (Å²) in [6.07, 6.45) is 0. The van der Waals surface area contributed by atoms with Gasteiger partial charge in [0, 0.05) is 10.6 Å². The molecule has 0 aliphatic rings. The second-order valence-electron chi connectivity index (χ2n) is 2.47. The maximum Gasteiger partial charge on any atom is 0.0694 e. The van der Waals surface area contributed by atoms with Crippen molar-refractivity contribution in [2.45, 2.75) is 6.61 Å². The number of hydrogen-bond acceptors (Lipinski definition) is 2. The predicted octanol–water partition coefficient (Wildman–Crippen LogP) is 1.14. The highest BCUT2D eigenvalue weighted by Gasteiger charge is 1.98. The number of benzene rings is 1. The van der Waals surface area contributed by atoms with E-state index in [1.807, 2.05) is 0 Å². The first-order chi connectivity index (χ1) is 6.27. The van der Waals surface area contributed by atoms with Crippen LogP contribution < -0.4 is 5.73 Å². The predicted molar refractivity (Wildman–Crippen MR) is 53.3 cm³/mol. The maximum absolute atomic E-state index is 8.98. The van der Waals surface area contributed by atoms with Crippen LogP contribution in [0.4, 0.5) is 0 Å². The van der Waals surface area contributed by atoms with Crippen LogP contribution in [0.15, 0.2) is 18.2 Å². The number of aliphatic hydroxyl groups is 1. The summed E-state index contributed by atoms with van der Waals surface area (Å²) in [7, 11) is 0. The Kier molecular flexibility index (Phi) is 3.78. The van der Waals surface area contributed by atoms with Crippen LogP contribution in [-0.4, -0.2) is 11.7 Å². The third-order valence-electron chi connectivity index (χ3n) is 1.56. The molecule has 0 spiro atoms. The second-order valence-corrected chi connectivity index (χ2v) is 2.90. The van der Waals surface area contributed by atoms with E-state index in [2.05, 4.69) is 11.8 Å². The molecule has 0 heterocycles. The topological polar surface area (TPSA) is 46.2 Å². The average molecular weight is 196 g/mol. The molecule has 2 nitrogen and oxygen atoms in total. The Morgan fingerprint density at radius 1 is 1.46 bits per heavy atom. The molecule has 0 saturated heterocycles. The van der Waals surface area contributed by atoms with Crippen LogP contribution in [0.2, 0.25) is 5.02 Å². The fourth-order valence-corrected chi connectivity index (χ4v) is 1.16. The molecule has 3 heteroatoms. The largest absolute Gasteiger partial charge is 0.392 e. The molecule has 1 rings (SSSR count). The molecular formula is C10H10ClNO. The minimum atomic E-state index is -0.0604. The van der Waals surface area contributed by atoms with Gasteiger partial charge in [0.1, 0.15) is 0 Å². The zero-order valence-electron chi connectivity index (χ0n) is 7.05. The average Bonchev–Trinajstić information content (AvgIpc) is 2.16. The van der Waals surface area contributed by atoms with Gasteiger partial charge in [-0.1, -0.05) is 23.4 Å². The molecule has 0 saturated carbocycles. The lowest BCUT2D eigenvalue weighted by Gasteiger charge is -2.00. The minimum absolute atomic E-state index is 0.0604. The Labute approximate surface area is 82.3 Å². The van der Waals surface area contributed by atoms with Gasteiger partial charge in [-0.25, -0.2) is 0 Å². The van der Waals surface area contributed by atoms with Gasteiger partial charge in [-0.05, 0) is 23.8 Å². The lowest BCUT2D eigenvalue weighted by molar-refractivity contribution is 0.281. The highest BCUT2D eigenvalue weighted by molar-refractivity contribution is 6.30. The van der Waals surface area contributed by atoms with E-state index in [0.29, 0.717) is 11.6 Å². The van der Waals surface area contributed by atoms with Gasteiger partial charge in [-0.2, -0.15) is 0 Å². The quantitative estimate of drug-likeness (QED) is 0.661. The first-order valence-corrected chi connectivity index (χ1v) is 4.24. The highest BCUT2D eigenvalue weighted by atomic mass is 35.5. The molecular weight excluding hydrogens is 186 g/mol. The maximum atomic E-state index is 8.98. The van der Waals surface area contributed by atoms with Gasteiger partial charge >= 0.3 is 0 Å². The Balaban J connectivity index is 3.06. The van der Waals surface area contributed by atoms with E-state index in [1.165, 1.54) is 0 Å². The zero-order chi connectivity index (χ0) is 9.68. The van der Waals surface area contributed by atoms with E-state index in [9.17, 15) is 0 Å². The van der Waals surface area contributed by atoms with Crippen LogP contribution in [0.1, 0.15) is 11.1 Å². The highest BCUT2D eigenvalue weighted by Crippen LogP contribution is 2.15. The lowest BCUT2D eigenvalue weighted by atomic mass is 10.1. The summed E-state index contributed by atoms with van der Waals surface area (Å²) >= 11 is 5.75. The summed E-state index contributed by atoms with van der Waals surface area (Å²) < 4.78 is 0. The SMILES string of the molecule is NCC#Cc1ccc(Cl)cc1CO. The van der Waals surface area contributed by atoms with Crippen molar-refractivity contribution in [2.75, 3.05) is 6.54 Å². The minimum Gasteiger partial charge on any atom is -0.392 e. The molecule has 0 atom stereocenters. The van der Waals surface area contributed by atoms with Gasteiger partial charge in [-0.3, -0.25) is 0 Å². The van der Waals surface area contributed by atoms with Crippen LogP contribution in [0.3, 0.4) is 0 Å². The molecule has 68 valence electrons. The van der Waals surface area contributed by atoms with Crippen LogP contribution in [0, 0.1) is 11.8 Å². The number of rotatable bonds is 1. The van der Waals surface area contributed by atoms with Crippen molar-refractivity contribution in [1.82, 2.24) is 0 Å². The Hall–Kier alpha value is -1.01. The van der Waals surface area contributed by atoms with Gasteiger partial charge in [0.25, 0.3) is 0 Å². The van der Waals surface area contributed by atoms with Gasteiger partial charge in [0.2, 0.25) is 0 Å². The van der Waals surface area contributed by atoms with E-state index >= 15 is 0 Å². The first kappa shape index (κ1) is 10.1. The third-order valence-corrected chi connectivity index (χ3v) is 1.80. The van der Waals surface area contributed by atoms with Crippen molar-refractivity contribution in [1.29, 1.82) is 0 Å². The van der Waals surface area contributed by atoms with E-state index in [4.69, 9.17) is 22.4 Å². The van der Waals surface area contributed by atoms with Crippen LogP contribution in [0.5, 0.6) is 0 Å². The Bertz CT molecular complexity index is 352. The fourth-order valence-electron chi connectivity index (χ4n) is 0.961. The van der Waals surface area contributed by atoms with Crippen LogP contribution in [0.25, 0.3) is 0 Å². The van der Waals surface area contributed by atoms with E-state index in [-0.39, 0.29) is 6.61 Å². The monoisotopic (exact) mass is 195 g/mol. The van der Waals surface area contributed by atoms with E-state index < -0.39 is 0 Å². The molecule has 0 bridgehead atoms. The van der Waals surface area contributed by atoms with Crippen molar-refractivity contribution < 1.29 is 5.11 Å². The summed E-state index contributed by atoms with van der Waals surface area (Å²) in [6, 6.07) is 5.21. The van der Waals surface area contributed by atoms with Crippen molar-refractivity contribution in [3.8, 4) is 11.8 Å². The van der Waals surface area contributed by atoms with E-state index in [0.717, 1.165) is 11.1 Å². The van der Waals surface area contributed by atoms with E-state index in [1.54, 1.807) is 18.2 Å². The number of hydrogen-bond donors (Lipinski definition) is 2. The van der Waals surface area contributed by atoms with Gasteiger partial charge < -0.3 is 10.8 Å². The molecule has 0 aliphatic carbocycles. The number of aliphatic hydroxyl groups excluding tert-OH is 1. The summed E-state index contributed by atoms with van der Waals surface area (Å²) in [6.45, 7) is 0.253. The zero-order valence-corrected chi connectivity index (χ0v) is 7.80. The second kappa shape index (κ2) is 4.88. The third kappa shape index (κ3) is 2.74.